The number of nitrogens with two attached hydrogens (primary N) is 1. The molecule has 1 amide bonds. The predicted octanol–water partition coefficient (Wildman–Crippen LogP) is 2.76. The van der Waals surface area contributed by atoms with Crippen molar-refractivity contribution in [2.75, 3.05) is 6.61 Å². The van der Waals surface area contributed by atoms with Gasteiger partial charge in [-0.2, -0.15) is 0 Å². The lowest BCUT2D eigenvalue weighted by molar-refractivity contribution is 0.1000. The van der Waals surface area contributed by atoms with Gasteiger partial charge >= 0.3 is 0 Å². The Morgan fingerprint density at radius 2 is 2.00 bits per heavy atom. The number of amides is 1. The molecule has 2 aromatic carbocycles. The summed E-state index contributed by atoms with van der Waals surface area (Å²) in [6.45, 7) is 3.24. The van der Waals surface area contributed by atoms with Crippen LogP contribution in [0.15, 0.2) is 48.5 Å². The summed E-state index contributed by atoms with van der Waals surface area (Å²) in [6.07, 6.45) is 0. The van der Waals surface area contributed by atoms with Crippen LogP contribution in [0.4, 0.5) is 0 Å². The number of fused-ring (bicyclic) bond motifs is 3. The highest BCUT2D eigenvalue weighted by molar-refractivity contribution is 5.93. The lowest BCUT2D eigenvalue weighted by atomic mass is 10.2. The van der Waals surface area contributed by atoms with Gasteiger partial charge in [-0.05, 0) is 42.8 Å². The zero-order chi connectivity index (χ0) is 14.4. The van der Waals surface area contributed by atoms with Crippen LogP contribution in [0.5, 0.6) is 11.5 Å². The Kier molecular flexibility index (Phi) is 4.60. The van der Waals surface area contributed by atoms with Gasteiger partial charge in [0, 0.05) is 5.56 Å². The zero-order valence-corrected chi connectivity index (χ0v) is 11.3. The van der Waals surface area contributed by atoms with E-state index in [0.717, 1.165) is 12.4 Å². The maximum atomic E-state index is 10.7. The maximum Gasteiger partial charge on any atom is 0.248 e. The Morgan fingerprint density at radius 1 is 1.25 bits per heavy atom. The van der Waals surface area contributed by atoms with E-state index in [1.807, 2.05) is 19.1 Å². The van der Waals surface area contributed by atoms with Crippen molar-refractivity contribution in [3.63, 3.8) is 0 Å². The number of rotatable bonds is 3. The van der Waals surface area contributed by atoms with E-state index in [2.05, 4.69) is 12.1 Å². The average Bonchev–Trinajstić information content (AvgIpc) is 2.50. The Balaban J connectivity index is 0.000000157. The normalized spacial score (nSPS) is 11.1. The Labute approximate surface area is 118 Å². The smallest absolute Gasteiger partial charge is 0.248 e. The van der Waals surface area contributed by atoms with Crippen LogP contribution in [0.2, 0.25) is 0 Å². The van der Waals surface area contributed by atoms with E-state index >= 15 is 0 Å². The van der Waals surface area contributed by atoms with Crippen LogP contribution < -0.4 is 15.2 Å². The van der Waals surface area contributed by atoms with Gasteiger partial charge in [0.05, 0.1) is 6.61 Å². The van der Waals surface area contributed by atoms with E-state index in [-0.39, 0.29) is 0 Å². The largest absolute Gasteiger partial charge is 0.494 e. The lowest BCUT2D eigenvalue weighted by Crippen LogP contribution is -2.10. The molecule has 0 fully saturated rings. The van der Waals surface area contributed by atoms with Crippen LogP contribution >= 0.6 is 0 Å². The third-order valence-electron chi connectivity index (χ3n) is 2.76. The Bertz CT molecular complexity index is 556. The second-order valence-electron chi connectivity index (χ2n) is 4.26. The standard InChI is InChI=1S/C9H11NO2.C7H6O/c1-2-12-8-5-3-4-7(6-8)9(10)11;1-3-7-4-2-6(1)5-8-7/h3-6H,2H2,1H3,(H2,10,11);1-4H,5H2. The van der Waals surface area contributed by atoms with Crippen LogP contribution in [0.3, 0.4) is 0 Å². The van der Waals surface area contributed by atoms with Gasteiger partial charge in [0.2, 0.25) is 5.91 Å². The van der Waals surface area contributed by atoms with Crippen molar-refractivity contribution in [3.8, 4) is 11.5 Å². The number of benzene rings is 2. The fourth-order valence-corrected chi connectivity index (χ4v) is 1.75. The topological polar surface area (TPSA) is 61.5 Å². The van der Waals surface area contributed by atoms with E-state index in [1.165, 1.54) is 5.56 Å². The molecule has 0 saturated heterocycles. The van der Waals surface area contributed by atoms with E-state index in [0.29, 0.717) is 17.9 Å². The summed E-state index contributed by atoms with van der Waals surface area (Å²) in [6, 6.07) is 15.0. The molecule has 0 unspecified atom stereocenters. The summed E-state index contributed by atoms with van der Waals surface area (Å²) < 4.78 is 10.4. The molecule has 4 nitrogen and oxygen atoms in total. The molecule has 2 aliphatic heterocycles. The second kappa shape index (κ2) is 6.61. The highest BCUT2D eigenvalue weighted by atomic mass is 16.5. The van der Waals surface area contributed by atoms with Crippen molar-refractivity contribution in [1.82, 2.24) is 0 Å². The molecule has 0 spiro atoms. The number of hydrogen-bond donors (Lipinski definition) is 1. The summed E-state index contributed by atoms with van der Waals surface area (Å²) in [5.74, 6) is 1.23. The van der Waals surface area contributed by atoms with E-state index in [1.54, 1.807) is 24.3 Å². The molecule has 2 N–H and O–H groups in total. The van der Waals surface area contributed by atoms with Gasteiger partial charge in [-0.25, -0.2) is 0 Å². The van der Waals surface area contributed by atoms with Crippen molar-refractivity contribution < 1.29 is 14.3 Å². The SMILES string of the molecule is CCOc1cccc(C(N)=O)c1.c1cc2ccc1CO2. The zero-order valence-electron chi connectivity index (χ0n) is 11.3. The molecule has 0 radical (unpaired) electrons. The fourth-order valence-electron chi connectivity index (χ4n) is 1.75. The molecule has 2 aromatic rings. The van der Waals surface area contributed by atoms with Crippen molar-refractivity contribution in [2.45, 2.75) is 13.5 Å². The van der Waals surface area contributed by atoms with Crippen LogP contribution in [-0.2, 0) is 6.61 Å². The molecule has 0 aromatic heterocycles. The maximum absolute atomic E-state index is 10.7. The number of hydrogen-bond acceptors (Lipinski definition) is 3. The minimum absolute atomic E-state index is 0.434. The van der Waals surface area contributed by atoms with Gasteiger partial charge < -0.3 is 15.2 Å². The number of primary amides is 1. The van der Waals surface area contributed by atoms with Crippen LogP contribution in [0.1, 0.15) is 22.8 Å². The van der Waals surface area contributed by atoms with Crippen molar-refractivity contribution >= 4 is 5.91 Å². The lowest BCUT2D eigenvalue weighted by Gasteiger charge is -2.11. The first-order valence-electron chi connectivity index (χ1n) is 6.43. The second-order valence-corrected chi connectivity index (χ2v) is 4.26. The quantitative estimate of drug-likeness (QED) is 0.933. The molecule has 2 aliphatic rings. The molecule has 0 saturated carbocycles. The average molecular weight is 271 g/mol. The van der Waals surface area contributed by atoms with E-state index in [9.17, 15) is 4.79 Å². The van der Waals surface area contributed by atoms with Crippen LogP contribution in [-0.4, -0.2) is 12.5 Å². The molecule has 0 aliphatic carbocycles. The minimum atomic E-state index is -0.434. The molecule has 104 valence electrons. The highest BCUT2D eigenvalue weighted by Gasteiger charge is 2.01. The third-order valence-corrected chi connectivity index (χ3v) is 2.76. The molecular weight excluding hydrogens is 254 g/mol. The minimum Gasteiger partial charge on any atom is -0.494 e. The van der Waals surface area contributed by atoms with Crippen molar-refractivity contribution in [1.29, 1.82) is 0 Å². The fraction of sp³-hybridized carbons (Fsp3) is 0.188. The summed E-state index contributed by atoms with van der Waals surface area (Å²) in [7, 11) is 0. The first-order valence-corrected chi connectivity index (χ1v) is 6.43. The van der Waals surface area contributed by atoms with Gasteiger partial charge in [0.15, 0.2) is 0 Å². The number of carbonyl (C=O) groups is 1. The van der Waals surface area contributed by atoms with Crippen molar-refractivity contribution in [3.05, 3.63) is 59.7 Å². The van der Waals surface area contributed by atoms with Gasteiger partial charge in [0.1, 0.15) is 18.1 Å². The summed E-state index contributed by atoms with van der Waals surface area (Å²) in [5.41, 5.74) is 6.82. The predicted molar refractivity (Wildman–Crippen MR) is 76.9 cm³/mol. The van der Waals surface area contributed by atoms with Crippen molar-refractivity contribution in [2.24, 2.45) is 5.73 Å². The van der Waals surface area contributed by atoms with Gasteiger partial charge in [-0.1, -0.05) is 18.2 Å². The third kappa shape index (κ3) is 3.75. The van der Waals surface area contributed by atoms with E-state index < -0.39 is 5.91 Å². The highest BCUT2D eigenvalue weighted by Crippen LogP contribution is 2.19. The number of ether oxygens (including phenoxy) is 2. The first-order chi connectivity index (χ1) is 9.69. The summed E-state index contributed by atoms with van der Waals surface area (Å²) in [4.78, 5) is 10.7. The van der Waals surface area contributed by atoms with Gasteiger partial charge in [0.25, 0.3) is 0 Å². The van der Waals surface area contributed by atoms with Crippen LogP contribution in [0.25, 0.3) is 0 Å². The van der Waals surface area contributed by atoms with Crippen LogP contribution in [0, 0.1) is 0 Å². The monoisotopic (exact) mass is 271 g/mol. The molecule has 20 heavy (non-hydrogen) atoms. The molecule has 4 rings (SSSR count). The summed E-state index contributed by atoms with van der Waals surface area (Å²) >= 11 is 0. The first kappa shape index (κ1) is 13.9. The van der Waals surface area contributed by atoms with Gasteiger partial charge in [-0.15, -0.1) is 0 Å². The molecule has 2 bridgehead atoms. The van der Waals surface area contributed by atoms with Gasteiger partial charge in [-0.3, -0.25) is 4.79 Å². The Morgan fingerprint density at radius 3 is 2.40 bits per heavy atom. The number of carbonyl (C=O) groups excluding carboxylic acids is 1. The molecule has 4 heteroatoms. The Hall–Kier alpha value is -2.49. The molecular formula is C16H17NO3. The van der Waals surface area contributed by atoms with E-state index in [4.69, 9.17) is 15.2 Å². The molecule has 0 atom stereocenters. The molecule has 2 heterocycles. The summed E-state index contributed by atoms with van der Waals surface area (Å²) in [5, 5.41) is 0.